The second-order valence-corrected chi connectivity index (χ2v) is 3.40. The second kappa shape index (κ2) is 5.46. The van der Waals surface area contributed by atoms with Gasteiger partial charge in [-0.05, 0) is 24.6 Å². The van der Waals surface area contributed by atoms with Gasteiger partial charge in [0, 0.05) is 6.20 Å². The predicted molar refractivity (Wildman–Crippen MR) is 61.0 cm³/mol. The van der Waals surface area contributed by atoms with Crippen LogP contribution in [0.1, 0.15) is 15.9 Å². The highest BCUT2D eigenvalue weighted by molar-refractivity contribution is 5.95. The molecule has 1 aromatic rings. The molecule has 0 aliphatic heterocycles. The topological polar surface area (TPSA) is 96.9 Å². The molecule has 0 heterocycles. The molecule has 0 saturated heterocycles. The van der Waals surface area contributed by atoms with Crippen LogP contribution in [-0.4, -0.2) is 11.1 Å². The van der Waals surface area contributed by atoms with Gasteiger partial charge in [0.05, 0.1) is 5.69 Å². The monoisotopic (exact) mass is 245 g/mol. The first-order valence-corrected chi connectivity index (χ1v) is 4.80. The number of carbonyl (C=O) groups is 1. The molecule has 1 rings (SSSR count). The Morgan fingerprint density at radius 3 is 2.56 bits per heavy atom. The second-order valence-electron chi connectivity index (χ2n) is 3.40. The summed E-state index contributed by atoms with van der Waals surface area (Å²) in [5.74, 6) is -2.31. The van der Waals surface area contributed by atoms with Crippen LogP contribution in [0.4, 0.5) is 10.1 Å². The Kier molecular flexibility index (Phi) is 4.01. The molecular formula is C12H8FN3O2. The van der Waals surface area contributed by atoms with Crippen molar-refractivity contribution in [2.45, 2.75) is 6.92 Å². The molecule has 0 amide bonds. The zero-order valence-corrected chi connectivity index (χ0v) is 9.36. The number of carboxylic acids is 1. The Labute approximate surface area is 102 Å². The molecule has 18 heavy (non-hydrogen) atoms. The van der Waals surface area contributed by atoms with Gasteiger partial charge in [-0.25, -0.2) is 9.18 Å². The third-order valence-corrected chi connectivity index (χ3v) is 2.06. The summed E-state index contributed by atoms with van der Waals surface area (Å²) in [7, 11) is 0. The van der Waals surface area contributed by atoms with Crippen molar-refractivity contribution in [3.05, 3.63) is 40.8 Å². The zero-order valence-electron chi connectivity index (χ0n) is 9.36. The van der Waals surface area contributed by atoms with Gasteiger partial charge in [-0.15, -0.1) is 0 Å². The van der Waals surface area contributed by atoms with Gasteiger partial charge in [-0.1, -0.05) is 0 Å². The Hall–Kier alpha value is -2.86. The first kappa shape index (κ1) is 13.2. The van der Waals surface area contributed by atoms with E-state index in [0.717, 1.165) is 12.3 Å². The molecule has 0 radical (unpaired) electrons. The third-order valence-electron chi connectivity index (χ3n) is 2.06. The molecule has 6 heteroatoms. The minimum Gasteiger partial charge on any atom is -0.478 e. The average molecular weight is 245 g/mol. The number of aromatic carboxylic acids is 1. The van der Waals surface area contributed by atoms with Crippen LogP contribution >= 0.6 is 0 Å². The van der Waals surface area contributed by atoms with Crippen molar-refractivity contribution in [1.82, 2.24) is 0 Å². The van der Waals surface area contributed by atoms with E-state index < -0.39 is 17.3 Å². The quantitative estimate of drug-likeness (QED) is 0.795. The summed E-state index contributed by atoms with van der Waals surface area (Å²) < 4.78 is 13.5. The van der Waals surface area contributed by atoms with E-state index in [0.29, 0.717) is 5.56 Å². The summed E-state index contributed by atoms with van der Waals surface area (Å²) in [6.07, 6.45) is 1.03. The molecule has 0 aliphatic carbocycles. The van der Waals surface area contributed by atoms with E-state index in [1.807, 2.05) is 0 Å². The van der Waals surface area contributed by atoms with Gasteiger partial charge < -0.3 is 10.4 Å². The van der Waals surface area contributed by atoms with Gasteiger partial charge in [0.15, 0.2) is 0 Å². The van der Waals surface area contributed by atoms with Crippen molar-refractivity contribution in [3.63, 3.8) is 0 Å². The Morgan fingerprint density at radius 2 is 2.06 bits per heavy atom. The Morgan fingerprint density at radius 1 is 1.44 bits per heavy atom. The number of nitrogens with one attached hydrogen (secondary N) is 1. The normalized spacial score (nSPS) is 8.89. The average Bonchev–Trinajstić information content (AvgIpc) is 2.28. The molecule has 0 atom stereocenters. The van der Waals surface area contributed by atoms with Crippen LogP contribution in [0.15, 0.2) is 23.9 Å². The molecule has 0 unspecified atom stereocenters. The standard InChI is InChI=1S/C12H8FN3O2/c1-7-2-9(13)11(12(17)18)10(3-7)16-6-8(4-14)5-15/h2-3,6,16H,1H3,(H,17,18). The van der Waals surface area contributed by atoms with E-state index in [1.54, 1.807) is 19.1 Å². The molecule has 0 saturated carbocycles. The SMILES string of the molecule is Cc1cc(F)c(C(=O)O)c(NC=C(C#N)C#N)c1. The maximum atomic E-state index is 13.5. The largest absolute Gasteiger partial charge is 0.478 e. The van der Waals surface area contributed by atoms with Crippen LogP contribution in [0.25, 0.3) is 0 Å². The highest BCUT2D eigenvalue weighted by atomic mass is 19.1. The lowest BCUT2D eigenvalue weighted by Crippen LogP contribution is -2.06. The maximum Gasteiger partial charge on any atom is 0.340 e. The Balaban J connectivity index is 3.25. The number of carboxylic acid groups (broad SMARTS) is 1. The number of allylic oxidation sites excluding steroid dienone is 1. The highest BCUT2D eigenvalue weighted by Crippen LogP contribution is 2.21. The summed E-state index contributed by atoms with van der Waals surface area (Å²) in [5.41, 5.74) is -0.271. The minimum atomic E-state index is -1.43. The highest BCUT2D eigenvalue weighted by Gasteiger charge is 2.16. The number of hydrogen-bond donors (Lipinski definition) is 2. The molecule has 0 bridgehead atoms. The summed E-state index contributed by atoms with van der Waals surface area (Å²) in [6.45, 7) is 1.60. The Bertz CT molecular complexity index is 593. The number of nitriles is 2. The number of benzene rings is 1. The lowest BCUT2D eigenvalue weighted by molar-refractivity contribution is 0.0693. The third kappa shape index (κ3) is 2.83. The maximum absolute atomic E-state index is 13.5. The fraction of sp³-hybridized carbons (Fsp3) is 0.0833. The van der Waals surface area contributed by atoms with E-state index in [-0.39, 0.29) is 11.3 Å². The van der Waals surface area contributed by atoms with E-state index in [1.165, 1.54) is 6.07 Å². The lowest BCUT2D eigenvalue weighted by atomic mass is 10.1. The van der Waals surface area contributed by atoms with Gasteiger partial charge in [-0.3, -0.25) is 0 Å². The molecule has 0 aromatic heterocycles. The summed E-state index contributed by atoms with van der Waals surface area (Å²) >= 11 is 0. The molecule has 0 aliphatic rings. The van der Waals surface area contributed by atoms with E-state index in [4.69, 9.17) is 15.6 Å². The smallest absolute Gasteiger partial charge is 0.340 e. The number of rotatable bonds is 3. The molecule has 2 N–H and O–H groups in total. The predicted octanol–water partition coefficient (Wildman–Crippen LogP) is 2.18. The van der Waals surface area contributed by atoms with Crippen molar-refractivity contribution in [1.29, 1.82) is 10.5 Å². The summed E-state index contributed by atoms with van der Waals surface area (Å²) in [5, 5.41) is 28.4. The van der Waals surface area contributed by atoms with E-state index >= 15 is 0 Å². The molecule has 0 spiro atoms. The zero-order chi connectivity index (χ0) is 13.7. The van der Waals surface area contributed by atoms with Crippen molar-refractivity contribution in [2.75, 3.05) is 5.32 Å². The van der Waals surface area contributed by atoms with Crippen LogP contribution in [-0.2, 0) is 0 Å². The van der Waals surface area contributed by atoms with Crippen molar-refractivity contribution < 1.29 is 14.3 Å². The molecule has 0 fully saturated rings. The first-order chi connectivity index (χ1) is 8.49. The number of hydrogen-bond acceptors (Lipinski definition) is 4. The van der Waals surface area contributed by atoms with Crippen LogP contribution in [0.3, 0.4) is 0 Å². The lowest BCUT2D eigenvalue weighted by Gasteiger charge is -2.08. The van der Waals surface area contributed by atoms with Gasteiger partial charge in [-0.2, -0.15) is 10.5 Å². The van der Waals surface area contributed by atoms with Crippen LogP contribution in [0.2, 0.25) is 0 Å². The molecule has 1 aromatic carbocycles. The fourth-order valence-electron chi connectivity index (χ4n) is 1.31. The summed E-state index contributed by atoms with van der Waals surface area (Å²) in [6, 6.07) is 5.70. The van der Waals surface area contributed by atoms with E-state index in [2.05, 4.69) is 5.32 Å². The van der Waals surface area contributed by atoms with Crippen LogP contribution in [0.5, 0.6) is 0 Å². The molecule has 5 nitrogen and oxygen atoms in total. The van der Waals surface area contributed by atoms with Crippen molar-refractivity contribution in [2.24, 2.45) is 0 Å². The van der Waals surface area contributed by atoms with Gasteiger partial charge >= 0.3 is 5.97 Å². The van der Waals surface area contributed by atoms with Crippen LogP contribution < -0.4 is 5.32 Å². The van der Waals surface area contributed by atoms with Gasteiger partial charge in [0.2, 0.25) is 0 Å². The van der Waals surface area contributed by atoms with E-state index in [9.17, 15) is 9.18 Å². The number of halogens is 1. The molecule has 90 valence electrons. The van der Waals surface area contributed by atoms with Gasteiger partial charge in [0.1, 0.15) is 29.1 Å². The van der Waals surface area contributed by atoms with Crippen molar-refractivity contribution >= 4 is 11.7 Å². The minimum absolute atomic E-state index is 0.0111. The van der Waals surface area contributed by atoms with Crippen molar-refractivity contribution in [3.8, 4) is 12.1 Å². The van der Waals surface area contributed by atoms with Gasteiger partial charge in [0.25, 0.3) is 0 Å². The molecular weight excluding hydrogens is 237 g/mol. The number of anilines is 1. The van der Waals surface area contributed by atoms with Crippen LogP contribution in [0, 0.1) is 35.4 Å². The summed E-state index contributed by atoms with van der Waals surface area (Å²) in [4.78, 5) is 10.9. The number of aryl methyl sites for hydroxylation is 1. The first-order valence-electron chi connectivity index (χ1n) is 4.80. The fourth-order valence-corrected chi connectivity index (χ4v) is 1.31. The number of nitrogens with zero attached hydrogens (tertiary/aromatic N) is 2.